The molecule has 3 aliphatic rings. The third kappa shape index (κ3) is 3.62. The van der Waals surface area contributed by atoms with Crippen LogP contribution in [0.5, 0.6) is 5.75 Å². The molecule has 0 amide bonds. The quantitative estimate of drug-likeness (QED) is 0.538. The zero-order valence-corrected chi connectivity index (χ0v) is 18.7. The molecular formula is C24H19F5N4O3. The molecule has 3 aromatic rings. The number of carbonyl (C=O) groups is 1. The van der Waals surface area contributed by atoms with E-state index in [1.54, 1.807) is 4.90 Å². The van der Waals surface area contributed by atoms with E-state index in [-0.39, 0.29) is 79.4 Å². The average molecular weight is 506 g/mol. The van der Waals surface area contributed by atoms with Gasteiger partial charge in [-0.2, -0.15) is 18.2 Å². The summed E-state index contributed by atoms with van der Waals surface area (Å²) >= 11 is 0. The van der Waals surface area contributed by atoms with Gasteiger partial charge in [0.05, 0.1) is 17.6 Å². The zero-order valence-electron chi connectivity index (χ0n) is 18.7. The number of aromatic nitrogens is 2. The van der Waals surface area contributed by atoms with Crippen molar-refractivity contribution in [1.82, 2.24) is 14.9 Å². The fourth-order valence-electron chi connectivity index (χ4n) is 5.50. The van der Waals surface area contributed by atoms with E-state index in [2.05, 4.69) is 10.3 Å². The van der Waals surface area contributed by atoms with Gasteiger partial charge in [0.15, 0.2) is 5.75 Å². The van der Waals surface area contributed by atoms with E-state index in [9.17, 15) is 31.5 Å². The van der Waals surface area contributed by atoms with Crippen molar-refractivity contribution in [2.75, 3.05) is 24.6 Å². The minimum atomic E-state index is -4.92. The van der Waals surface area contributed by atoms with Gasteiger partial charge in [-0.15, -0.1) is 0 Å². The number of piperidine rings is 1. The molecule has 2 atom stereocenters. The Balaban J connectivity index is 1.64. The van der Waals surface area contributed by atoms with Gasteiger partial charge in [0, 0.05) is 60.6 Å². The summed E-state index contributed by atoms with van der Waals surface area (Å²) in [5, 5.41) is 3.35. The average Bonchev–Trinajstić information content (AvgIpc) is 2.80. The van der Waals surface area contributed by atoms with Crippen LogP contribution in [0.4, 0.5) is 27.8 Å². The van der Waals surface area contributed by atoms with Crippen molar-refractivity contribution in [3.63, 3.8) is 0 Å². The Labute approximate surface area is 200 Å². The Morgan fingerprint density at radius 3 is 2.44 bits per heavy atom. The molecule has 1 aromatic heterocycles. The number of ether oxygens (including phenoxy) is 1. The SMILES string of the molecule is O=C1CC2CN(c3nc(=O)n4c5c(c(-c6ccc(F)cc6F)c(C(F)(F)F)cc35)OCC4)CC(C1)N2. The highest BCUT2D eigenvalue weighted by Gasteiger charge is 2.40. The summed E-state index contributed by atoms with van der Waals surface area (Å²) < 4.78 is 78.4. The molecule has 7 nitrogen and oxygen atoms in total. The number of alkyl halides is 3. The molecule has 188 valence electrons. The number of carbonyl (C=O) groups excluding carboxylic acids is 1. The minimum Gasteiger partial charge on any atom is -0.489 e. The molecule has 2 unspecified atom stereocenters. The maximum atomic E-state index is 14.8. The van der Waals surface area contributed by atoms with Gasteiger partial charge in [0.2, 0.25) is 0 Å². The first-order valence-electron chi connectivity index (χ1n) is 11.4. The van der Waals surface area contributed by atoms with Crippen LogP contribution in [0.2, 0.25) is 0 Å². The van der Waals surface area contributed by atoms with E-state index >= 15 is 0 Å². The molecule has 2 fully saturated rings. The Hall–Kier alpha value is -3.54. The maximum absolute atomic E-state index is 14.8. The number of nitrogens with zero attached hydrogens (tertiary/aromatic N) is 3. The monoisotopic (exact) mass is 506 g/mol. The number of hydrogen-bond acceptors (Lipinski definition) is 6. The number of fused-ring (bicyclic) bond motifs is 2. The van der Waals surface area contributed by atoms with Gasteiger partial charge in [-0.3, -0.25) is 9.36 Å². The summed E-state index contributed by atoms with van der Waals surface area (Å²) in [6.07, 6.45) is -4.37. The molecule has 0 saturated carbocycles. The summed E-state index contributed by atoms with van der Waals surface area (Å²) in [6.45, 7) is 0.479. The first kappa shape index (κ1) is 22.9. The van der Waals surface area contributed by atoms with Crippen LogP contribution in [0, 0.1) is 11.6 Å². The second-order valence-electron chi connectivity index (χ2n) is 9.28. The van der Waals surface area contributed by atoms with Crippen molar-refractivity contribution in [3.05, 3.63) is 51.9 Å². The molecule has 3 aliphatic heterocycles. The van der Waals surface area contributed by atoms with Crippen LogP contribution < -0.4 is 20.6 Å². The summed E-state index contributed by atoms with van der Waals surface area (Å²) in [7, 11) is 0. The Kier molecular flexibility index (Phi) is 5.08. The van der Waals surface area contributed by atoms with E-state index in [1.807, 2.05) is 0 Å². The second kappa shape index (κ2) is 7.99. The maximum Gasteiger partial charge on any atom is 0.417 e. The topological polar surface area (TPSA) is 76.5 Å². The van der Waals surface area contributed by atoms with Crippen LogP contribution in [-0.2, 0) is 17.5 Å². The lowest BCUT2D eigenvalue weighted by atomic mass is 9.92. The summed E-state index contributed by atoms with van der Waals surface area (Å²) in [5.41, 5.74) is -2.87. The Morgan fingerprint density at radius 1 is 1.06 bits per heavy atom. The largest absolute Gasteiger partial charge is 0.489 e. The van der Waals surface area contributed by atoms with Crippen molar-refractivity contribution in [1.29, 1.82) is 0 Å². The summed E-state index contributed by atoms with van der Waals surface area (Å²) in [4.78, 5) is 30.8. The Bertz CT molecular complexity index is 1470. The standard InChI is InChI=1S/C24H19F5N4O3/c25-11-1-2-15(18(26)5-11)19-17(24(27,28)29)8-16-20-21(19)36-4-3-33(20)23(35)31-22(16)32-9-12-6-14(34)7-13(10-32)30-12/h1-2,5,8,12-13,30H,3-4,6-7,9-10H2. The Morgan fingerprint density at radius 2 is 1.78 bits per heavy atom. The van der Waals surface area contributed by atoms with E-state index in [4.69, 9.17) is 4.74 Å². The van der Waals surface area contributed by atoms with Gasteiger partial charge in [-0.25, -0.2) is 13.6 Å². The first-order chi connectivity index (χ1) is 17.1. The number of benzene rings is 2. The number of anilines is 1. The highest BCUT2D eigenvalue weighted by atomic mass is 19.4. The molecule has 1 N–H and O–H groups in total. The van der Waals surface area contributed by atoms with E-state index in [0.29, 0.717) is 6.07 Å². The van der Waals surface area contributed by atoms with Gasteiger partial charge in [-0.05, 0) is 18.2 Å². The summed E-state index contributed by atoms with van der Waals surface area (Å²) in [6, 6.07) is 2.71. The van der Waals surface area contributed by atoms with Crippen molar-refractivity contribution in [3.8, 4) is 16.9 Å². The number of hydrogen-bond donors (Lipinski definition) is 1. The van der Waals surface area contributed by atoms with Crippen molar-refractivity contribution < 1.29 is 31.5 Å². The third-order valence-corrected chi connectivity index (χ3v) is 6.87. The fourth-order valence-corrected chi connectivity index (χ4v) is 5.50. The van der Waals surface area contributed by atoms with Crippen LogP contribution >= 0.6 is 0 Å². The van der Waals surface area contributed by atoms with Gasteiger partial charge < -0.3 is 15.0 Å². The molecule has 0 radical (unpaired) electrons. The van der Waals surface area contributed by atoms with Gasteiger partial charge >= 0.3 is 11.9 Å². The number of halogens is 5. The van der Waals surface area contributed by atoms with Crippen molar-refractivity contribution in [2.45, 2.75) is 37.6 Å². The van der Waals surface area contributed by atoms with Crippen LogP contribution in [0.15, 0.2) is 29.1 Å². The molecule has 36 heavy (non-hydrogen) atoms. The predicted octanol–water partition coefficient (Wildman–Crippen LogP) is 3.26. The lowest BCUT2D eigenvalue weighted by molar-refractivity contribution is -0.137. The molecule has 2 aromatic carbocycles. The second-order valence-corrected chi connectivity index (χ2v) is 9.28. The highest BCUT2D eigenvalue weighted by molar-refractivity contribution is 6.00. The molecule has 2 saturated heterocycles. The normalized spacial score (nSPS) is 21.6. The number of ketones is 1. The van der Waals surface area contributed by atoms with Gasteiger partial charge in [-0.1, -0.05) is 0 Å². The van der Waals surface area contributed by atoms with E-state index < -0.39 is 40.2 Å². The molecule has 4 heterocycles. The first-order valence-corrected chi connectivity index (χ1v) is 11.4. The molecule has 6 rings (SSSR count). The molecule has 0 aliphatic carbocycles. The minimum absolute atomic E-state index is 0.0363. The van der Waals surface area contributed by atoms with Crippen molar-refractivity contribution in [2.24, 2.45) is 0 Å². The molecular weight excluding hydrogens is 487 g/mol. The molecule has 12 heteroatoms. The van der Waals surface area contributed by atoms with Crippen LogP contribution in [0.3, 0.4) is 0 Å². The lowest BCUT2D eigenvalue weighted by Crippen LogP contribution is -2.61. The third-order valence-electron chi connectivity index (χ3n) is 6.87. The van der Waals surface area contributed by atoms with Crippen LogP contribution in [0.1, 0.15) is 18.4 Å². The number of piperazine rings is 1. The number of Topliss-reactive ketones (excluding diaryl/α,β-unsaturated/α-hetero) is 1. The molecule has 2 bridgehead atoms. The van der Waals surface area contributed by atoms with Crippen molar-refractivity contribution >= 4 is 22.5 Å². The zero-order chi connectivity index (χ0) is 25.4. The molecule has 0 spiro atoms. The highest BCUT2D eigenvalue weighted by Crippen LogP contribution is 2.49. The lowest BCUT2D eigenvalue weighted by Gasteiger charge is -2.42. The van der Waals surface area contributed by atoms with E-state index in [1.165, 1.54) is 4.57 Å². The van der Waals surface area contributed by atoms with Gasteiger partial charge in [0.1, 0.15) is 29.8 Å². The summed E-state index contributed by atoms with van der Waals surface area (Å²) in [5.74, 6) is -2.27. The smallest absolute Gasteiger partial charge is 0.417 e. The van der Waals surface area contributed by atoms with Crippen LogP contribution in [-0.4, -0.2) is 47.1 Å². The van der Waals surface area contributed by atoms with E-state index in [0.717, 1.165) is 18.2 Å². The van der Waals surface area contributed by atoms with Crippen LogP contribution in [0.25, 0.3) is 22.0 Å². The fraction of sp³-hybridized carbons (Fsp3) is 0.375. The van der Waals surface area contributed by atoms with Gasteiger partial charge in [0.25, 0.3) is 0 Å². The predicted molar refractivity (Wildman–Crippen MR) is 119 cm³/mol. The number of nitrogens with one attached hydrogen (secondary N) is 1. The number of rotatable bonds is 2.